The average Bonchev–Trinajstić information content (AvgIpc) is 2.90. The van der Waals surface area contributed by atoms with E-state index in [1.54, 1.807) is 0 Å². The van der Waals surface area contributed by atoms with Gasteiger partial charge in [0, 0.05) is 18.3 Å². The molecule has 1 aliphatic heterocycles. The summed E-state index contributed by atoms with van der Waals surface area (Å²) in [5.74, 6) is 0.849. The van der Waals surface area contributed by atoms with Crippen molar-refractivity contribution in [3.63, 3.8) is 0 Å². The number of sulfone groups is 1. The molecular formula is C15H25N3O3S2. The fourth-order valence-electron chi connectivity index (χ4n) is 2.62. The van der Waals surface area contributed by atoms with Gasteiger partial charge in [-0.15, -0.1) is 0 Å². The number of amides is 1. The maximum Gasteiger partial charge on any atom is 0.230 e. The van der Waals surface area contributed by atoms with Crippen LogP contribution in [0.3, 0.4) is 0 Å². The van der Waals surface area contributed by atoms with E-state index in [0.29, 0.717) is 12.3 Å². The number of aryl methyl sites for hydroxylation is 1. The third kappa shape index (κ3) is 4.97. The molecule has 0 bridgehead atoms. The van der Waals surface area contributed by atoms with Gasteiger partial charge in [-0.3, -0.25) is 4.79 Å². The Morgan fingerprint density at radius 3 is 2.70 bits per heavy atom. The van der Waals surface area contributed by atoms with Gasteiger partial charge in [0.25, 0.3) is 0 Å². The number of nitrogens with zero attached hydrogens (tertiary/aromatic N) is 2. The van der Waals surface area contributed by atoms with Crippen LogP contribution in [-0.2, 0) is 21.2 Å². The molecule has 0 spiro atoms. The molecule has 2 rings (SSSR count). The number of thioether (sulfide) groups is 1. The van der Waals surface area contributed by atoms with Crippen LogP contribution in [0.2, 0.25) is 0 Å². The van der Waals surface area contributed by atoms with Crippen molar-refractivity contribution in [3.05, 3.63) is 11.4 Å². The zero-order valence-corrected chi connectivity index (χ0v) is 15.8. The molecule has 1 atom stereocenters. The summed E-state index contributed by atoms with van der Waals surface area (Å²) >= 11 is 1.41. The molecule has 23 heavy (non-hydrogen) atoms. The molecule has 1 N–H and O–H groups in total. The summed E-state index contributed by atoms with van der Waals surface area (Å²) in [5, 5.41) is 3.66. The van der Waals surface area contributed by atoms with Crippen molar-refractivity contribution >= 4 is 27.5 Å². The predicted molar refractivity (Wildman–Crippen MR) is 92.5 cm³/mol. The summed E-state index contributed by atoms with van der Waals surface area (Å²) in [4.78, 5) is 16.6. The van der Waals surface area contributed by atoms with Crippen molar-refractivity contribution < 1.29 is 13.2 Å². The van der Waals surface area contributed by atoms with E-state index in [2.05, 4.69) is 28.7 Å². The molecule has 1 saturated heterocycles. The number of aromatic nitrogens is 2. The Labute approximate surface area is 142 Å². The summed E-state index contributed by atoms with van der Waals surface area (Å²) in [5.41, 5.74) is 2.11. The first-order chi connectivity index (χ1) is 10.7. The van der Waals surface area contributed by atoms with E-state index in [1.165, 1.54) is 11.8 Å². The zero-order chi connectivity index (χ0) is 17.2. The van der Waals surface area contributed by atoms with Crippen molar-refractivity contribution in [1.29, 1.82) is 0 Å². The standard InChI is InChI=1S/C15H25N3O3S2/c1-10(2)7-18-12(4)11(3)16-15(18)22-8-14(19)17-13-5-6-23(20,21)9-13/h10,13H,5-9H2,1-4H3,(H,17,19)/t13-/m1/s1. The maximum absolute atomic E-state index is 12.0. The Bertz CT molecular complexity index is 680. The number of carbonyl (C=O) groups excluding carboxylic acids is 1. The summed E-state index contributed by atoms with van der Waals surface area (Å²) < 4.78 is 25.0. The monoisotopic (exact) mass is 359 g/mol. The normalized spacial score (nSPS) is 20.1. The zero-order valence-electron chi connectivity index (χ0n) is 14.1. The van der Waals surface area contributed by atoms with Gasteiger partial charge in [-0.25, -0.2) is 13.4 Å². The summed E-state index contributed by atoms with van der Waals surface area (Å²) in [6, 6.07) is -0.244. The van der Waals surface area contributed by atoms with Crippen molar-refractivity contribution in [2.75, 3.05) is 17.3 Å². The molecule has 1 amide bonds. The van der Waals surface area contributed by atoms with Gasteiger partial charge < -0.3 is 9.88 Å². The predicted octanol–water partition coefficient (Wildman–Crippen LogP) is 1.55. The molecule has 1 aromatic rings. The maximum atomic E-state index is 12.0. The second-order valence-corrected chi connectivity index (χ2v) is 9.70. The first kappa shape index (κ1) is 18.3. The first-order valence-corrected chi connectivity index (χ1v) is 10.6. The van der Waals surface area contributed by atoms with Gasteiger partial charge in [0.15, 0.2) is 15.0 Å². The molecule has 0 saturated carbocycles. The van der Waals surface area contributed by atoms with Crippen molar-refractivity contribution in [2.45, 2.75) is 51.9 Å². The third-order valence-electron chi connectivity index (χ3n) is 3.90. The van der Waals surface area contributed by atoms with Crippen LogP contribution in [-0.4, -0.2) is 47.2 Å². The highest BCUT2D eigenvalue weighted by atomic mass is 32.2. The summed E-state index contributed by atoms with van der Waals surface area (Å²) in [6.45, 7) is 9.18. The second kappa shape index (κ2) is 7.25. The summed E-state index contributed by atoms with van der Waals surface area (Å²) in [6.07, 6.45) is 0.513. The molecule has 0 unspecified atom stereocenters. The number of hydrogen-bond acceptors (Lipinski definition) is 5. The first-order valence-electron chi connectivity index (χ1n) is 7.84. The number of carbonyl (C=O) groups is 1. The van der Waals surface area contributed by atoms with Gasteiger partial charge in [-0.2, -0.15) is 0 Å². The minimum Gasteiger partial charge on any atom is -0.352 e. The molecule has 6 nitrogen and oxygen atoms in total. The number of hydrogen-bond donors (Lipinski definition) is 1. The van der Waals surface area contributed by atoms with Crippen LogP contribution in [0, 0.1) is 19.8 Å². The lowest BCUT2D eigenvalue weighted by Gasteiger charge is -2.13. The van der Waals surface area contributed by atoms with E-state index in [-0.39, 0.29) is 29.2 Å². The molecule has 0 radical (unpaired) electrons. The number of nitrogens with one attached hydrogen (secondary N) is 1. The summed E-state index contributed by atoms with van der Waals surface area (Å²) in [7, 11) is -2.97. The topological polar surface area (TPSA) is 81.1 Å². The third-order valence-corrected chi connectivity index (χ3v) is 6.64. The van der Waals surface area contributed by atoms with E-state index < -0.39 is 9.84 Å². The van der Waals surface area contributed by atoms with Gasteiger partial charge in [0.1, 0.15) is 0 Å². The van der Waals surface area contributed by atoms with Gasteiger partial charge in [-0.05, 0) is 26.2 Å². The molecule has 130 valence electrons. The van der Waals surface area contributed by atoms with E-state index >= 15 is 0 Å². The number of imidazole rings is 1. The van der Waals surface area contributed by atoms with Crippen molar-refractivity contribution in [1.82, 2.24) is 14.9 Å². The van der Waals surface area contributed by atoms with Gasteiger partial charge in [0.2, 0.25) is 5.91 Å². The van der Waals surface area contributed by atoms with Crippen LogP contribution in [0.4, 0.5) is 0 Å². The Balaban J connectivity index is 1.93. The molecule has 1 aliphatic rings. The average molecular weight is 360 g/mol. The Morgan fingerprint density at radius 1 is 1.43 bits per heavy atom. The lowest BCUT2D eigenvalue weighted by Crippen LogP contribution is -2.36. The van der Waals surface area contributed by atoms with Crippen LogP contribution >= 0.6 is 11.8 Å². The fourth-order valence-corrected chi connectivity index (χ4v) is 5.21. The quantitative estimate of drug-likeness (QED) is 0.780. The molecule has 2 heterocycles. The molecule has 0 aliphatic carbocycles. The van der Waals surface area contributed by atoms with Crippen LogP contribution < -0.4 is 5.32 Å². The SMILES string of the molecule is Cc1nc(SCC(=O)N[C@@H]2CCS(=O)(=O)C2)n(CC(C)C)c1C. The van der Waals surface area contributed by atoms with E-state index in [9.17, 15) is 13.2 Å². The minimum absolute atomic E-state index is 0.0591. The van der Waals surface area contributed by atoms with Gasteiger partial charge in [0.05, 0.1) is 23.0 Å². The van der Waals surface area contributed by atoms with Crippen LogP contribution in [0.25, 0.3) is 0 Å². The molecule has 1 aromatic heterocycles. The lowest BCUT2D eigenvalue weighted by atomic mass is 10.2. The van der Waals surface area contributed by atoms with Crippen LogP contribution in [0.15, 0.2) is 5.16 Å². The second-order valence-electron chi connectivity index (χ2n) is 6.53. The number of rotatable bonds is 6. The fraction of sp³-hybridized carbons (Fsp3) is 0.733. The van der Waals surface area contributed by atoms with Crippen molar-refractivity contribution in [3.8, 4) is 0 Å². The Hall–Kier alpha value is -1.02. The highest BCUT2D eigenvalue weighted by molar-refractivity contribution is 7.99. The molecular weight excluding hydrogens is 334 g/mol. The van der Waals surface area contributed by atoms with Crippen molar-refractivity contribution in [2.24, 2.45) is 5.92 Å². The van der Waals surface area contributed by atoms with Crippen LogP contribution in [0.5, 0.6) is 0 Å². The van der Waals surface area contributed by atoms with E-state index in [0.717, 1.165) is 23.1 Å². The van der Waals surface area contributed by atoms with E-state index in [1.807, 2.05) is 13.8 Å². The Kier molecular flexibility index (Phi) is 5.78. The van der Waals surface area contributed by atoms with E-state index in [4.69, 9.17) is 0 Å². The smallest absolute Gasteiger partial charge is 0.230 e. The van der Waals surface area contributed by atoms with Gasteiger partial charge >= 0.3 is 0 Å². The molecule has 8 heteroatoms. The largest absolute Gasteiger partial charge is 0.352 e. The highest BCUT2D eigenvalue weighted by Gasteiger charge is 2.28. The Morgan fingerprint density at radius 2 is 2.13 bits per heavy atom. The van der Waals surface area contributed by atoms with Gasteiger partial charge in [-0.1, -0.05) is 25.6 Å². The molecule has 0 aromatic carbocycles. The van der Waals surface area contributed by atoms with Crippen LogP contribution in [0.1, 0.15) is 31.7 Å². The lowest BCUT2D eigenvalue weighted by molar-refractivity contribution is -0.119. The highest BCUT2D eigenvalue weighted by Crippen LogP contribution is 2.22. The minimum atomic E-state index is -2.97. The molecule has 1 fully saturated rings.